The molecule has 5 nitrogen and oxygen atoms in total. The monoisotopic (exact) mass is 344 g/mol. The Labute approximate surface area is 149 Å². The van der Waals surface area contributed by atoms with E-state index in [4.69, 9.17) is 18.9 Å². The van der Waals surface area contributed by atoms with E-state index in [1.807, 2.05) is 19.1 Å². The van der Waals surface area contributed by atoms with Crippen LogP contribution in [0.2, 0.25) is 0 Å². The molecule has 0 saturated carbocycles. The topological polar surface area (TPSA) is 47.7 Å². The Kier molecular flexibility index (Phi) is 5.45. The number of ether oxygens (including phenoxy) is 2. The van der Waals surface area contributed by atoms with Gasteiger partial charge in [0.15, 0.2) is 0 Å². The summed E-state index contributed by atoms with van der Waals surface area (Å²) in [5.41, 5.74) is 4.31. The highest BCUT2D eigenvalue weighted by Gasteiger charge is 2.22. The molecule has 136 valence electrons. The van der Waals surface area contributed by atoms with E-state index in [-0.39, 0.29) is 0 Å². The Bertz CT molecular complexity index is 739. The summed E-state index contributed by atoms with van der Waals surface area (Å²) in [7, 11) is 3.49. The second-order valence-corrected chi connectivity index (χ2v) is 6.82. The van der Waals surface area contributed by atoms with Crippen molar-refractivity contribution in [2.75, 3.05) is 27.3 Å². The highest BCUT2D eigenvalue weighted by atomic mass is 16.5. The van der Waals surface area contributed by atoms with Crippen molar-refractivity contribution >= 4 is 0 Å². The minimum atomic E-state index is 0.326. The molecular weight excluding hydrogens is 316 g/mol. The molecule has 2 heterocycles. The maximum atomic E-state index is 5.99. The maximum absolute atomic E-state index is 5.99. The van der Waals surface area contributed by atoms with Gasteiger partial charge in [0.05, 0.1) is 18.9 Å². The molecule has 0 amide bonds. The molecule has 1 fully saturated rings. The molecule has 1 unspecified atom stereocenters. The van der Waals surface area contributed by atoms with E-state index in [2.05, 4.69) is 18.7 Å². The van der Waals surface area contributed by atoms with Gasteiger partial charge in [-0.2, -0.15) is 0 Å². The highest BCUT2D eigenvalue weighted by Crippen LogP contribution is 2.32. The number of methoxy groups -OCH3 is 2. The molecule has 3 rings (SSSR count). The van der Waals surface area contributed by atoms with Crippen LogP contribution in [0.15, 0.2) is 16.5 Å². The Hall–Kier alpha value is -1.85. The van der Waals surface area contributed by atoms with E-state index >= 15 is 0 Å². The quantitative estimate of drug-likeness (QED) is 0.823. The zero-order chi connectivity index (χ0) is 18.0. The van der Waals surface area contributed by atoms with Gasteiger partial charge in [0.2, 0.25) is 5.89 Å². The Balaban J connectivity index is 1.82. The van der Waals surface area contributed by atoms with Gasteiger partial charge in [-0.15, -0.1) is 0 Å². The lowest BCUT2D eigenvalue weighted by Crippen LogP contribution is -2.38. The molecule has 1 aromatic carbocycles. The molecule has 1 saturated heterocycles. The molecule has 1 atom stereocenters. The van der Waals surface area contributed by atoms with Gasteiger partial charge >= 0.3 is 0 Å². The van der Waals surface area contributed by atoms with Crippen molar-refractivity contribution in [2.45, 2.75) is 46.3 Å². The smallest absolute Gasteiger partial charge is 0.226 e. The van der Waals surface area contributed by atoms with Crippen molar-refractivity contribution in [1.82, 2.24) is 9.88 Å². The first-order valence-electron chi connectivity index (χ1n) is 8.89. The molecule has 5 heteroatoms. The largest absolute Gasteiger partial charge is 0.496 e. The molecular formula is C20H28N2O3. The number of hydrogen-bond acceptors (Lipinski definition) is 5. The number of likely N-dealkylation sites (tertiary alicyclic amines) is 1. The van der Waals surface area contributed by atoms with E-state index in [1.165, 1.54) is 6.42 Å². The summed E-state index contributed by atoms with van der Waals surface area (Å²) in [5.74, 6) is 2.47. The van der Waals surface area contributed by atoms with Crippen molar-refractivity contribution in [3.05, 3.63) is 34.7 Å². The van der Waals surface area contributed by atoms with E-state index in [9.17, 15) is 0 Å². The van der Waals surface area contributed by atoms with E-state index in [0.29, 0.717) is 12.0 Å². The normalized spacial score (nSPS) is 18.5. The fourth-order valence-corrected chi connectivity index (χ4v) is 3.50. The van der Waals surface area contributed by atoms with Crippen LogP contribution < -0.4 is 4.74 Å². The number of aryl methyl sites for hydroxylation is 1. The molecule has 0 bridgehead atoms. The fourth-order valence-electron chi connectivity index (χ4n) is 3.50. The van der Waals surface area contributed by atoms with E-state index < -0.39 is 0 Å². The molecule has 0 aliphatic carbocycles. The summed E-state index contributed by atoms with van der Waals surface area (Å²) >= 11 is 0. The zero-order valence-electron chi connectivity index (χ0n) is 15.9. The number of nitrogens with zero attached hydrogens (tertiary/aromatic N) is 2. The second-order valence-electron chi connectivity index (χ2n) is 6.82. The van der Waals surface area contributed by atoms with E-state index in [1.54, 1.807) is 14.2 Å². The third-order valence-electron chi connectivity index (χ3n) is 5.25. The van der Waals surface area contributed by atoms with Crippen LogP contribution in [0.5, 0.6) is 5.75 Å². The third-order valence-corrected chi connectivity index (χ3v) is 5.25. The van der Waals surface area contributed by atoms with Crippen molar-refractivity contribution in [3.8, 4) is 17.2 Å². The Morgan fingerprint density at radius 2 is 2.00 bits per heavy atom. The second kappa shape index (κ2) is 7.58. The van der Waals surface area contributed by atoms with Crippen LogP contribution in [-0.4, -0.2) is 43.3 Å². The molecule has 2 aromatic rings. The van der Waals surface area contributed by atoms with Crippen LogP contribution in [0.3, 0.4) is 0 Å². The van der Waals surface area contributed by atoms with Crippen LogP contribution in [-0.2, 0) is 11.3 Å². The molecule has 0 N–H and O–H groups in total. The van der Waals surface area contributed by atoms with Crippen molar-refractivity contribution in [3.63, 3.8) is 0 Å². The van der Waals surface area contributed by atoms with Gasteiger partial charge in [-0.3, -0.25) is 4.90 Å². The number of piperidine rings is 1. The summed E-state index contributed by atoms with van der Waals surface area (Å²) < 4.78 is 16.9. The van der Waals surface area contributed by atoms with Crippen molar-refractivity contribution in [1.29, 1.82) is 0 Å². The van der Waals surface area contributed by atoms with Crippen LogP contribution >= 0.6 is 0 Å². The predicted molar refractivity (Wildman–Crippen MR) is 98.0 cm³/mol. The van der Waals surface area contributed by atoms with Crippen LogP contribution in [0.25, 0.3) is 11.5 Å². The summed E-state index contributed by atoms with van der Waals surface area (Å²) in [6.07, 6.45) is 2.63. The maximum Gasteiger partial charge on any atom is 0.226 e. The predicted octanol–water partition coefficient (Wildman–Crippen LogP) is 3.89. The fraction of sp³-hybridized carbons (Fsp3) is 0.550. The average Bonchev–Trinajstić information content (AvgIpc) is 2.97. The first-order valence-corrected chi connectivity index (χ1v) is 8.89. The van der Waals surface area contributed by atoms with Gasteiger partial charge in [-0.05, 0) is 63.4 Å². The number of oxazole rings is 1. The number of rotatable bonds is 5. The standard InChI is InChI=1S/C20H28N2O3/c1-13-14(2)19(24-5)9-8-17(13)20-21-18(15(3)25-20)12-22-10-6-7-16(11-22)23-4/h8-9,16H,6-7,10-12H2,1-5H3. The van der Waals surface area contributed by atoms with Crippen LogP contribution in [0, 0.1) is 20.8 Å². The minimum Gasteiger partial charge on any atom is -0.496 e. The molecule has 1 aliphatic rings. The van der Waals surface area contributed by atoms with Crippen molar-refractivity contribution in [2.24, 2.45) is 0 Å². The molecule has 1 aliphatic heterocycles. The average molecular weight is 344 g/mol. The van der Waals surface area contributed by atoms with Gasteiger partial charge in [0, 0.05) is 25.8 Å². The first kappa shape index (κ1) is 18.0. The molecule has 0 radical (unpaired) electrons. The Morgan fingerprint density at radius 1 is 1.20 bits per heavy atom. The first-order chi connectivity index (χ1) is 12.0. The summed E-state index contributed by atoms with van der Waals surface area (Å²) in [6.45, 7) is 8.99. The summed E-state index contributed by atoms with van der Waals surface area (Å²) in [4.78, 5) is 7.19. The van der Waals surface area contributed by atoms with Gasteiger partial charge in [0.1, 0.15) is 11.5 Å². The number of hydrogen-bond donors (Lipinski definition) is 0. The Morgan fingerprint density at radius 3 is 2.72 bits per heavy atom. The number of benzene rings is 1. The van der Waals surface area contributed by atoms with Crippen molar-refractivity contribution < 1.29 is 13.9 Å². The minimum absolute atomic E-state index is 0.326. The lowest BCUT2D eigenvalue weighted by molar-refractivity contribution is 0.0280. The highest BCUT2D eigenvalue weighted by molar-refractivity contribution is 5.63. The lowest BCUT2D eigenvalue weighted by Gasteiger charge is -2.31. The zero-order valence-corrected chi connectivity index (χ0v) is 15.9. The lowest BCUT2D eigenvalue weighted by atomic mass is 10.0. The molecule has 1 aromatic heterocycles. The van der Waals surface area contributed by atoms with E-state index in [0.717, 1.165) is 59.9 Å². The summed E-state index contributed by atoms with van der Waals surface area (Å²) in [5, 5.41) is 0. The van der Waals surface area contributed by atoms with Crippen LogP contribution in [0.1, 0.15) is 35.4 Å². The van der Waals surface area contributed by atoms with Gasteiger partial charge in [-0.25, -0.2) is 4.98 Å². The molecule has 25 heavy (non-hydrogen) atoms. The third kappa shape index (κ3) is 3.72. The van der Waals surface area contributed by atoms with Gasteiger partial charge < -0.3 is 13.9 Å². The van der Waals surface area contributed by atoms with Gasteiger partial charge in [-0.1, -0.05) is 0 Å². The molecule has 0 spiro atoms. The summed E-state index contributed by atoms with van der Waals surface area (Å²) in [6, 6.07) is 4.00. The van der Waals surface area contributed by atoms with Gasteiger partial charge in [0.25, 0.3) is 0 Å². The number of aromatic nitrogens is 1. The SMILES string of the molecule is COc1ccc(-c2nc(CN3CCCC(OC)C3)c(C)o2)c(C)c1C. The van der Waals surface area contributed by atoms with Crippen LogP contribution in [0.4, 0.5) is 0 Å².